The normalized spacial score (nSPS) is 21.1. The number of anilines is 1. The van der Waals surface area contributed by atoms with Crippen molar-refractivity contribution in [3.05, 3.63) is 63.9 Å². The second-order valence-electron chi connectivity index (χ2n) is 6.82. The molecule has 2 heterocycles. The molecular formula is C19H15ClF4N2O. The van der Waals surface area contributed by atoms with E-state index in [1.807, 2.05) is 0 Å². The molecule has 8 heteroatoms. The third kappa shape index (κ3) is 3.25. The highest BCUT2D eigenvalue weighted by atomic mass is 35.5. The Labute approximate surface area is 157 Å². The maximum atomic E-state index is 13.5. The van der Waals surface area contributed by atoms with Crippen LogP contribution in [0.1, 0.15) is 35.6 Å². The number of nitrogens with zero attached hydrogens (tertiary/aromatic N) is 1. The number of halogens is 5. The predicted octanol–water partition coefficient (Wildman–Crippen LogP) is 5.79. The first kappa shape index (κ1) is 18.1. The molecule has 0 unspecified atom stereocenters. The van der Waals surface area contributed by atoms with E-state index in [0.717, 1.165) is 36.1 Å². The van der Waals surface area contributed by atoms with E-state index in [2.05, 4.69) is 5.32 Å². The third-order valence-corrected chi connectivity index (χ3v) is 5.50. The fourth-order valence-electron chi connectivity index (χ4n) is 4.04. The molecule has 2 bridgehead atoms. The average Bonchev–Trinajstić information content (AvgIpc) is 2.89. The van der Waals surface area contributed by atoms with E-state index in [-0.39, 0.29) is 23.6 Å². The van der Waals surface area contributed by atoms with Crippen LogP contribution in [0.2, 0.25) is 5.02 Å². The summed E-state index contributed by atoms with van der Waals surface area (Å²) in [5.41, 5.74) is 1.08. The molecule has 1 N–H and O–H groups in total. The monoisotopic (exact) mass is 398 g/mol. The number of nitrogens with one attached hydrogen (secondary N) is 1. The average molecular weight is 399 g/mol. The van der Waals surface area contributed by atoms with Crippen LogP contribution in [0.5, 0.6) is 0 Å². The van der Waals surface area contributed by atoms with Gasteiger partial charge in [-0.2, -0.15) is 13.2 Å². The van der Waals surface area contributed by atoms with Crippen molar-refractivity contribution in [2.24, 2.45) is 0 Å². The molecule has 27 heavy (non-hydrogen) atoms. The number of urea groups is 1. The van der Waals surface area contributed by atoms with Crippen molar-refractivity contribution >= 4 is 23.3 Å². The first-order valence-corrected chi connectivity index (χ1v) is 8.86. The quantitative estimate of drug-likeness (QED) is 0.606. The molecule has 4 rings (SSSR count). The number of hydrogen-bond acceptors (Lipinski definition) is 1. The Kier molecular flexibility index (Phi) is 4.29. The van der Waals surface area contributed by atoms with Crippen LogP contribution in [0, 0.1) is 5.82 Å². The van der Waals surface area contributed by atoms with Crippen LogP contribution >= 0.6 is 11.6 Å². The maximum Gasteiger partial charge on any atom is 0.417 e. The van der Waals surface area contributed by atoms with Gasteiger partial charge < -0.3 is 10.2 Å². The zero-order valence-corrected chi connectivity index (χ0v) is 14.7. The van der Waals surface area contributed by atoms with Crippen LogP contribution in [-0.4, -0.2) is 17.0 Å². The van der Waals surface area contributed by atoms with Crippen molar-refractivity contribution < 1.29 is 22.4 Å². The molecule has 142 valence electrons. The highest BCUT2D eigenvalue weighted by Gasteiger charge is 2.42. The smallest absolute Gasteiger partial charge is 0.314 e. The van der Waals surface area contributed by atoms with Crippen molar-refractivity contribution in [3.63, 3.8) is 0 Å². The predicted molar refractivity (Wildman–Crippen MR) is 93.2 cm³/mol. The lowest BCUT2D eigenvalue weighted by Crippen LogP contribution is -2.44. The molecule has 0 spiro atoms. The van der Waals surface area contributed by atoms with E-state index >= 15 is 0 Å². The molecule has 2 aromatic carbocycles. The number of amides is 2. The van der Waals surface area contributed by atoms with Gasteiger partial charge in [-0.05, 0) is 60.7 Å². The number of carbonyl (C=O) groups excluding carboxylic acids is 1. The van der Waals surface area contributed by atoms with Crippen molar-refractivity contribution in [3.8, 4) is 0 Å². The molecule has 0 radical (unpaired) electrons. The van der Waals surface area contributed by atoms with Gasteiger partial charge in [0.15, 0.2) is 0 Å². The van der Waals surface area contributed by atoms with E-state index in [1.165, 1.54) is 18.2 Å². The van der Waals surface area contributed by atoms with Crippen LogP contribution < -0.4 is 5.32 Å². The fourth-order valence-corrected chi connectivity index (χ4v) is 4.32. The fraction of sp³-hybridized carbons (Fsp3) is 0.316. The van der Waals surface area contributed by atoms with Gasteiger partial charge in [0.25, 0.3) is 0 Å². The molecule has 2 aliphatic rings. The van der Waals surface area contributed by atoms with Gasteiger partial charge in [-0.3, -0.25) is 0 Å². The third-order valence-electron chi connectivity index (χ3n) is 5.18. The van der Waals surface area contributed by atoms with E-state index in [0.29, 0.717) is 6.42 Å². The van der Waals surface area contributed by atoms with Crippen molar-refractivity contribution in [2.45, 2.75) is 37.5 Å². The second-order valence-corrected chi connectivity index (χ2v) is 7.23. The summed E-state index contributed by atoms with van der Waals surface area (Å²) in [6.45, 7) is 0. The molecule has 1 fully saturated rings. The standard InChI is InChI=1S/C19H15ClF4N2O/c20-16-9-12(2-5-15(16)19(22,23)24)25-18(27)26-13-3-6-17(26)14-4-1-11(21)7-10(14)8-13/h1-2,4-5,7,9,13,17H,3,6,8H2,(H,25,27)/t13-,17+/m0/s1. The highest BCUT2D eigenvalue weighted by molar-refractivity contribution is 6.31. The summed E-state index contributed by atoms with van der Waals surface area (Å²) in [4.78, 5) is 14.5. The molecule has 2 amide bonds. The number of benzene rings is 2. The summed E-state index contributed by atoms with van der Waals surface area (Å²) in [6, 6.07) is 7.09. The Morgan fingerprint density at radius 1 is 1.15 bits per heavy atom. The Bertz CT molecular complexity index is 915. The summed E-state index contributed by atoms with van der Waals surface area (Å²) >= 11 is 5.71. The molecule has 2 atom stereocenters. The minimum atomic E-state index is -4.55. The lowest BCUT2D eigenvalue weighted by atomic mass is 9.93. The Balaban J connectivity index is 1.56. The number of carbonyl (C=O) groups is 1. The minimum Gasteiger partial charge on any atom is -0.314 e. The lowest BCUT2D eigenvalue weighted by Gasteiger charge is -2.36. The Hall–Kier alpha value is -2.28. The summed E-state index contributed by atoms with van der Waals surface area (Å²) in [5, 5.41) is 2.17. The number of rotatable bonds is 1. The van der Waals surface area contributed by atoms with Gasteiger partial charge in [-0.15, -0.1) is 0 Å². The van der Waals surface area contributed by atoms with Crippen molar-refractivity contribution in [2.75, 3.05) is 5.32 Å². The summed E-state index contributed by atoms with van der Waals surface area (Å²) in [6.07, 6.45) is -2.43. The molecule has 2 aliphatic heterocycles. The lowest BCUT2D eigenvalue weighted by molar-refractivity contribution is -0.137. The number of hydrogen-bond donors (Lipinski definition) is 1. The van der Waals surface area contributed by atoms with E-state index in [1.54, 1.807) is 11.0 Å². The number of alkyl halides is 3. The molecule has 2 aromatic rings. The largest absolute Gasteiger partial charge is 0.417 e. The van der Waals surface area contributed by atoms with Gasteiger partial charge in [-0.1, -0.05) is 17.7 Å². The molecule has 0 aromatic heterocycles. The number of fused-ring (bicyclic) bond motifs is 4. The van der Waals surface area contributed by atoms with E-state index < -0.39 is 22.8 Å². The minimum absolute atomic E-state index is 0.0609. The van der Waals surface area contributed by atoms with Crippen LogP contribution in [0.25, 0.3) is 0 Å². The maximum absolute atomic E-state index is 13.5. The summed E-state index contributed by atoms with van der Waals surface area (Å²) in [5.74, 6) is -0.301. The van der Waals surface area contributed by atoms with Crippen LogP contribution in [0.15, 0.2) is 36.4 Å². The first-order chi connectivity index (χ1) is 12.7. The zero-order chi connectivity index (χ0) is 19.3. The molecular weight excluding hydrogens is 384 g/mol. The SMILES string of the molecule is O=C(Nc1ccc(C(F)(F)F)c(Cl)c1)N1[C@H]2CC[C@@H]1c1ccc(F)cc1C2. The highest BCUT2D eigenvalue weighted by Crippen LogP contribution is 2.44. The second kappa shape index (κ2) is 6.41. The molecule has 0 aliphatic carbocycles. The topological polar surface area (TPSA) is 32.3 Å². The van der Waals surface area contributed by atoms with Crippen LogP contribution in [0.4, 0.5) is 28.0 Å². The Morgan fingerprint density at radius 3 is 2.63 bits per heavy atom. The summed E-state index contributed by atoms with van der Waals surface area (Å²) < 4.78 is 51.9. The van der Waals surface area contributed by atoms with Crippen LogP contribution in [0.3, 0.4) is 0 Å². The van der Waals surface area contributed by atoms with Gasteiger partial charge in [0.2, 0.25) is 0 Å². The van der Waals surface area contributed by atoms with Crippen molar-refractivity contribution in [1.29, 1.82) is 0 Å². The van der Waals surface area contributed by atoms with Gasteiger partial charge in [0.1, 0.15) is 5.82 Å². The Morgan fingerprint density at radius 2 is 1.93 bits per heavy atom. The first-order valence-electron chi connectivity index (χ1n) is 8.48. The van der Waals surface area contributed by atoms with Crippen molar-refractivity contribution in [1.82, 2.24) is 4.90 Å². The van der Waals surface area contributed by atoms with Gasteiger partial charge in [0.05, 0.1) is 16.6 Å². The van der Waals surface area contributed by atoms with E-state index in [9.17, 15) is 22.4 Å². The van der Waals surface area contributed by atoms with Gasteiger partial charge in [-0.25, -0.2) is 9.18 Å². The molecule has 1 saturated heterocycles. The molecule has 3 nitrogen and oxygen atoms in total. The van der Waals surface area contributed by atoms with Gasteiger partial charge in [0, 0.05) is 11.7 Å². The summed E-state index contributed by atoms with van der Waals surface area (Å²) in [7, 11) is 0. The van der Waals surface area contributed by atoms with E-state index in [4.69, 9.17) is 11.6 Å². The van der Waals surface area contributed by atoms with Crippen LogP contribution in [-0.2, 0) is 12.6 Å². The molecule has 0 saturated carbocycles. The van der Waals surface area contributed by atoms with Gasteiger partial charge >= 0.3 is 12.2 Å². The zero-order valence-electron chi connectivity index (χ0n) is 14.0.